The van der Waals surface area contributed by atoms with Gasteiger partial charge in [0.2, 0.25) is 11.8 Å². The number of fused-ring (bicyclic) bond motifs is 1. The Morgan fingerprint density at radius 1 is 1.14 bits per heavy atom. The number of hydrogen-bond donors (Lipinski definition) is 3. The van der Waals surface area contributed by atoms with Crippen molar-refractivity contribution in [2.24, 2.45) is 5.92 Å². The van der Waals surface area contributed by atoms with E-state index >= 15 is 0 Å². The monoisotopic (exact) mass is 394 g/mol. The minimum atomic E-state index is -0.597. The Balaban J connectivity index is 1.42. The number of para-hydroxylation sites is 1. The van der Waals surface area contributed by atoms with Crippen molar-refractivity contribution in [3.63, 3.8) is 0 Å². The summed E-state index contributed by atoms with van der Waals surface area (Å²) < 4.78 is 1.13. The van der Waals surface area contributed by atoms with Crippen LogP contribution in [0.2, 0.25) is 0 Å². The molecule has 142 valence electrons. The van der Waals surface area contributed by atoms with Gasteiger partial charge in [-0.15, -0.1) is 11.3 Å². The number of urea groups is 1. The maximum atomic E-state index is 12.3. The van der Waals surface area contributed by atoms with Gasteiger partial charge in [-0.3, -0.25) is 14.9 Å². The van der Waals surface area contributed by atoms with Crippen LogP contribution in [0, 0.1) is 5.92 Å². The molecular weight excluding hydrogens is 376 g/mol. The van der Waals surface area contributed by atoms with E-state index in [1.54, 1.807) is 18.3 Å². The van der Waals surface area contributed by atoms with Crippen LogP contribution in [-0.2, 0) is 9.59 Å². The molecule has 7 nitrogen and oxygen atoms in total. The topological polar surface area (TPSA) is 100 Å². The Morgan fingerprint density at radius 2 is 1.89 bits per heavy atom. The first kappa shape index (κ1) is 18.1. The van der Waals surface area contributed by atoms with Gasteiger partial charge in [0.05, 0.1) is 16.1 Å². The summed E-state index contributed by atoms with van der Waals surface area (Å²) in [5, 5.41) is 8.52. The number of imide groups is 1. The van der Waals surface area contributed by atoms with Crippen molar-refractivity contribution in [2.75, 3.05) is 5.32 Å². The second kappa shape index (κ2) is 7.40. The SMILES string of the molecule is CC1NC(=O)NC(=O)C1CC(=O)Nc1ccc(-c2nc3ccccc3s2)cc1. The van der Waals surface area contributed by atoms with E-state index in [0.29, 0.717) is 5.69 Å². The van der Waals surface area contributed by atoms with Crippen LogP contribution in [0.15, 0.2) is 48.5 Å². The largest absolute Gasteiger partial charge is 0.335 e. The van der Waals surface area contributed by atoms with Crippen molar-refractivity contribution >= 4 is 45.1 Å². The number of nitrogens with one attached hydrogen (secondary N) is 3. The highest BCUT2D eigenvalue weighted by molar-refractivity contribution is 7.21. The van der Waals surface area contributed by atoms with E-state index in [-0.39, 0.29) is 12.3 Å². The fraction of sp³-hybridized carbons (Fsp3) is 0.200. The van der Waals surface area contributed by atoms with Crippen LogP contribution in [-0.4, -0.2) is 28.9 Å². The number of thiazole rings is 1. The highest BCUT2D eigenvalue weighted by Crippen LogP contribution is 2.30. The summed E-state index contributed by atoms with van der Waals surface area (Å²) in [5.41, 5.74) is 2.58. The smallest absolute Gasteiger partial charge is 0.321 e. The quantitative estimate of drug-likeness (QED) is 0.633. The predicted molar refractivity (Wildman–Crippen MR) is 108 cm³/mol. The van der Waals surface area contributed by atoms with E-state index in [9.17, 15) is 14.4 Å². The van der Waals surface area contributed by atoms with Crippen LogP contribution in [0.25, 0.3) is 20.8 Å². The number of anilines is 1. The van der Waals surface area contributed by atoms with Crippen LogP contribution >= 0.6 is 11.3 Å². The van der Waals surface area contributed by atoms with Crippen molar-refractivity contribution in [1.82, 2.24) is 15.6 Å². The van der Waals surface area contributed by atoms with Gasteiger partial charge >= 0.3 is 6.03 Å². The minimum absolute atomic E-state index is 0.00704. The molecule has 0 bridgehead atoms. The minimum Gasteiger partial charge on any atom is -0.335 e. The Hall–Kier alpha value is -3.26. The average molecular weight is 394 g/mol. The summed E-state index contributed by atoms with van der Waals surface area (Å²) >= 11 is 1.62. The van der Waals surface area contributed by atoms with Crippen molar-refractivity contribution in [2.45, 2.75) is 19.4 Å². The van der Waals surface area contributed by atoms with Crippen molar-refractivity contribution < 1.29 is 14.4 Å². The Bertz CT molecular complexity index is 1030. The van der Waals surface area contributed by atoms with Crippen LogP contribution in [0.3, 0.4) is 0 Å². The molecule has 2 aromatic carbocycles. The fourth-order valence-corrected chi connectivity index (χ4v) is 4.12. The van der Waals surface area contributed by atoms with Crippen LogP contribution in [0.4, 0.5) is 10.5 Å². The molecule has 2 heterocycles. The summed E-state index contributed by atoms with van der Waals surface area (Å²) in [6.45, 7) is 1.71. The summed E-state index contributed by atoms with van der Waals surface area (Å²) in [6.07, 6.45) is -0.00704. The first-order valence-electron chi connectivity index (χ1n) is 8.87. The second-order valence-electron chi connectivity index (χ2n) is 6.67. The van der Waals surface area contributed by atoms with Gasteiger partial charge in [-0.25, -0.2) is 9.78 Å². The van der Waals surface area contributed by atoms with E-state index in [0.717, 1.165) is 20.8 Å². The van der Waals surface area contributed by atoms with Gasteiger partial charge in [0.15, 0.2) is 0 Å². The lowest BCUT2D eigenvalue weighted by atomic mass is 9.94. The van der Waals surface area contributed by atoms with Gasteiger partial charge in [-0.1, -0.05) is 12.1 Å². The normalized spacial score (nSPS) is 19.2. The third-order valence-corrected chi connectivity index (χ3v) is 5.74. The molecule has 1 saturated heterocycles. The zero-order chi connectivity index (χ0) is 19.7. The number of nitrogens with zero attached hydrogens (tertiary/aromatic N) is 1. The zero-order valence-electron chi connectivity index (χ0n) is 15.1. The standard InChI is InChI=1S/C20H18N4O3S/c1-11-14(18(26)24-20(27)21-11)10-17(25)22-13-8-6-12(7-9-13)19-23-15-4-2-3-5-16(15)28-19/h2-9,11,14H,10H2,1H3,(H,22,25)(H2,21,24,26,27). The number of benzene rings is 2. The molecule has 2 atom stereocenters. The highest BCUT2D eigenvalue weighted by atomic mass is 32.1. The number of carbonyl (C=O) groups excluding carboxylic acids is 3. The van der Waals surface area contributed by atoms with Gasteiger partial charge in [-0.2, -0.15) is 0 Å². The van der Waals surface area contributed by atoms with Gasteiger partial charge in [0.1, 0.15) is 5.01 Å². The molecule has 1 aromatic heterocycles. The van der Waals surface area contributed by atoms with Gasteiger partial charge < -0.3 is 10.6 Å². The third kappa shape index (κ3) is 3.72. The first-order valence-corrected chi connectivity index (χ1v) is 9.68. The van der Waals surface area contributed by atoms with Crippen molar-refractivity contribution in [3.05, 3.63) is 48.5 Å². The number of amides is 4. The molecular formula is C20H18N4O3S. The third-order valence-electron chi connectivity index (χ3n) is 4.65. The first-order chi connectivity index (χ1) is 13.5. The second-order valence-corrected chi connectivity index (χ2v) is 7.70. The number of aromatic nitrogens is 1. The molecule has 4 amide bonds. The lowest BCUT2D eigenvalue weighted by Gasteiger charge is -2.28. The van der Waals surface area contributed by atoms with E-state index in [2.05, 4.69) is 20.9 Å². The molecule has 0 aliphatic carbocycles. The molecule has 0 radical (unpaired) electrons. The molecule has 3 N–H and O–H groups in total. The summed E-state index contributed by atoms with van der Waals surface area (Å²) in [6, 6.07) is 14.5. The molecule has 1 aliphatic rings. The van der Waals surface area contributed by atoms with E-state index in [1.807, 2.05) is 48.5 Å². The van der Waals surface area contributed by atoms with E-state index < -0.39 is 23.9 Å². The molecule has 8 heteroatoms. The van der Waals surface area contributed by atoms with Gasteiger partial charge in [0.25, 0.3) is 0 Å². The van der Waals surface area contributed by atoms with Gasteiger partial charge in [0, 0.05) is 23.7 Å². The Kier molecular flexibility index (Phi) is 4.79. The molecule has 2 unspecified atom stereocenters. The highest BCUT2D eigenvalue weighted by Gasteiger charge is 2.34. The summed E-state index contributed by atoms with van der Waals surface area (Å²) in [7, 11) is 0. The average Bonchev–Trinajstić information content (AvgIpc) is 3.09. The van der Waals surface area contributed by atoms with Crippen LogP contribution < -0.4 is 16.0 Å². The number of hydrogen-bond acceptors (Lipinski definition) is 5. The molecule has 3 aromatic rings. The van der Waals surface area contributed by atoms with Gasteiger partial charge in [-0.05, 0) is 43.3 Å². The fourth-order valence-electron chi connectivity index (χ4n) is 3.15. The number of rotatable bonds is 4. The van der Waals surface area contributed by atoms with Crippen molar-refractivity contribution in [1.29, 1.82) is 0 Å². The molecule has 0 saturated carbocycles. The lowest BCUT2D eigenvalue weighted by molar-refractivity contribution is -0.129. The Labute approximate surface area is 165 Å². The number of carbonyl (C=O) groups is 3. The van der Waals surface area contributed by atoms with Crippen molar-refractivity contribution in [3.8, 4) is 10.6 Å². The van der Waals surface area contributed by atoms with Crippen LogP contribution in [0.5, 0.6) is 0 Å². The maximum Gasteiger partial charge on any atom is 0.321 e. The lowest BCUT2D eigenvalue weighted by Crippen LogP contribution is -2.57. The van der Waals surface area contributed by atoms with Crippen LogP contribution in [0.1, 0.15) is 13.3 Å². The summed E-state index contributed by atoms with van der Waals surface area (Å²) in [5.74, 6) is -1.31. The predicted octanol–water partition coefficient (Wildman–Crippen LogP) is 3.14. The molecule has 28 heavy (non-hydrogen) atoms. The molecule has 1 fully saturated rings. The Morgan fingerprint density at radius 3 is 2.61 bits per heavy atom. The molecule has 1 aliphatic heterocycles. The zero-order valence-corrected chi connectivity index (χ0v) is 15.9. The van der Waals surface area contributed by atoms with E-state index in [1.165, 1.54) is 0 Å². The maximum absolute atomic E-state index is 12.3. The molecule has 0 spiro atoms. The van der Waals surface area contributed by atoms with E-state index in [4.69, 9.17) is 0 Å². The molecule has 4 rings (SSSR count). The summed E-state index contributed by atoms with van der Waals surface area (Å²) in [4.78, 5) is 40.1.